The Balaban J connectivity index is 2.32. The molecular weight excluding hydrogens is 316 g/mol. The topological polar surface area (TPSA) is 63.6 Å². The Morgan fingerprint density at radius 3 is 2.48 bits per heavy atom. The summed E-state index contributed by atoms with van der Waals surface area (Å²) in [6.45, 7) is 11.7. The van der Waals surface area contributed by atoms with E-state index >= 15 is 0 Å². The summed E-state index contributed by atoms with van der Waals surface area (Å²) in [6, 6.07) is 0. The van der Waals surface area contributed by atoms with E-state index in [1.54, 1.807) is 0 Å². The first-order valence-electron chi connectivity index (χ1n) is 9.57. The summed E-state index contributed by atoms with van der Waals surface area (Å²) in [5, 5.41) is 8.97. The zero-order valence-electron chi connectivity index (χ0n) is 16.4. The molecule has 142 valence electrons. The lowest BCUT2D eigenvalue weighted by atomic mass is 9.45. The van der Waals surface area contributed by atoms with E-state index in [1.165, 1.54) is 18.9 Å². The van der Waals surface area contributed by atoms with Crippen LogP contribution in [0.4, 0.5) is 0 Å². The van der Waals surface area contributed by atoms with Gasteiger partial charge in [0.05, 0.1) is 0 Å². The van der Waals surface area contributed by atoms with Crippen molar-refractivity contribution in [3.63, 3.8) is 0 Å². The average molecular weight is 350 g/mol. The summed E-state index contributed by atoms with van der Waals surface area (Å²) in [4.78, 5) is 22.1. The van der Waals surface area contributed by atoms with Crippen molar-refractivity contribution in [3.8, 4) is 0 Å². The van der Waals surface area contributed by atoms with E-state index in [0.717, 1.165) is 37.7 Å². The van der Waals surface area contributed by atoms with Gasteiger partial charge in [0, 0.05) is 12.0 Å². The number of carboxylic acids is 1. The molecule has 4 nitrogen and oxygen atoms in total. The smallest absolute Gasteiger partial charge is 0.328 e. The highest BCUT2D eigenvalue weighted by Gasteiger charge is 2.58. The largest absolute Gasteiger partial charge is 0.478 e. The van der Waals surface area contributed by atoms with Crippen molar-refractivity contribution in [2.75, 3.05) is 0 Å². The van der Waals surface area contributed by atoms with Gasteiger partial charge in [-0.2, -0.15) is 0 Å². The molecule has 0 unspecified atom stereocenters. The van der Waals surface area contributed by atoms with Crippen LogP contribution < -0.4 is 0 Å². The van der Waals surface area contributed by atoms with Gasteiger partial charge in [0.1, 0.15) is 5.60 Å². The maximum Gasteiger partial charge on any atom is 0.328 e. The Labute approximate surface area is 152 Å². The molecule has 0 spiro atoms. The molecule has 4 heteroatoms. The highest BCUT2D eigenvalue weighted by Crippen LogP contribution is 2.63. The summed E-state index contributed by atoms with van der Waals surface area (Å²) < 4.78 is 5.66. The van der Waals surface area contributed by atoms with E-state index in [0.29, 0.717) is 17.8 Å². The molecule has 0 amide bonds. The van der Waals surface area contributed by atoms with Crippen molar-refractivity contribution in [3.05, 3.63) is 11.6 Å². The van der Waals surface area contributed by atoms with E-state index < -0.39 is 11.6 Å². The fraction of sp³-hybridized carbons (Fsp3) is 0.810. The molecule has 2 rings (SSSR count). The van der Waals surface area contributed by atoms with E-state index in [-0.39, 0.29) is 11.3 Å². The maximum absolute atomic E-state index is 11.2. The molecule has 2 aliphatic carbocycles. The summed E-state index contributed by atoms with van der Waals surface area (Å²) in [6.07, 6.45) is 8.49. The number of fused-ring (bicyclic) bond motifs is 1. The van der Waals surface area contributed by atoms with Crippen molar-refractivity contribution in [2.24, 2.45) is 22.7 Å². The summed E-state index contributed by atoms with van der Waals surface area (Å²) >= 11 is 0. The van der Waals surface area contributed by atoms with Gasteiger partial charge in [0.25, 0.3) is 6.47 Å². The van der Waals surface area contributed by atoms with Gasteiger partial charge in [0.2, 0.25) is 0 Å². The van der Waals surface area contributed by atoms with Crippen LogP contribution in [0.1, 0.15) is 79.6 Å². The Morgan fingerprint density at radius 2 is 1.88 bits per heavy atom. The normalized spacial score (nSPS) is 37.9. The van der Waals surface area contributed by atoms with Gasteiger partial charge in [-0.05, 0) is 69.1 Å². The van der Waals surface area contributed by atoms with E-state index in [2.05, 4.69) is 27.7 Å². The van der Waals surface area contributed by atoms with Crippen LogP contribution in [0.2, 0.25) is 0 Å². The predicted molar refractivity (Wildman–Crippen MR) is 98.1 cm³/mol. The average Bonchev–Trinajstić information content (AvgIpc) is 2.44. The summed E-state index contributed by atoms with van der Waals surface area (Å²) in [5.74, 6) is -0.0255. The number of ether oxygens (including phenoxy) is 1. The number of allylic oxidation sites excluding steroid dienone is 1. The van der Waals surface area contributed by atoms with E-state index in [9.17, 15) is 9.59 Å². The lowest BCUT2D eigenvalue weighted by Gasteiger charge is -2.61. The van der Waals surface area contributed by atoms with Gasteiger partial charge in [-0.1, -0.05) is 32.8 Å². The molecule has 2 aliphatic rings. The van der Waals surface area contributed by atoms with Crippen molar-refractivity contribution in [2.45, 2.75) is 85.2 Å². The molecule has 25 heavy (non-hydrogen) atoms. The van der Waals surface area contributed by atoms with Crippen LogP contribution >= 0.6 is 0 Å². The first kappa shape index (κ1) is 20.0. The van der Waals surface area contributed by atoms with Gasteiger partial charge in [-0.15, -0.1) is 0 Å². The van der Waals surface area contributed by atoms with Gasteiger partial charge < -0.3 is 9.84 Å². The van der Waals surface area contributed by atoms with Crippen LogP contribution in [0.3, 0.4) is 0 Å². The molecule has 0 radical (unpaired) electrons. The minimum atomic E-state index is -0.893. The van der Waals surface area contributed by atoms with Gasteiger partial charge in [0.15, 0.2) is 0 Å². The minimum Gasteiger partial charge on any atom is -0.478 e. The fourth-order valence-electron chi connectivity index (χ4n) is 6.15. The van der Waals surface area contributed by atoms with Crippen LogP contribution in [-0.2, 0) is 14.3 Å². The third kappa shape index (κ3) is 3.93. The monoisotopic (exact) mass is 350 g/mol. The quantitative estimate of drug-likeness (QED) is 0.542. The first-order chi connectivity index (χ1) is 11.5. The van der Waals surface area contributed by atoms with Gasteiger partial charge >= 0.3 is 5.97 Å². The number of carbonyl (C=O) groups is 2. The molecule has 0 heterocycles. The second kappa shape index (κ2) is 7.13. The lowest BCUT2D eigenvalue weighted by Crippen LogP contribution is -2.58. The Hall–Kier alpha value is -1.32. The molecule has 2 fully saturated rings. The lowest BCUT2D eigenvalue weighted by molar-refractivity contribution is -0.190. The van der Waals surface area contributed by atoms with Crippen molar-refractivity contribution < 1.29 is 19.4 Å². The Morgan fingerprint density at radius 1 is 1.20 bits per heavy atom. The fourth-order valence-corrected chi connectivity index (χ4v) is 6.15. The standard InChI is InChI=1S/C21H34O4/c1-15(13-18(23)24)7-8-17-20(4)11-6-10-19(2,3)16(20)9-12-21(17,5)25-14-22/h13-14,16-17H,6-12H2,1-5H3,(H,23,24)/b15-13+/t16-,17-,20+,21-/m1/s1. The summed E-state index contributed by atoms with van der Waals surface area (Å²) in [5.41, 5.74) is 0.854. The number of carboxylic acid groups (broad SMARTS) is 1. The molecule has 2 saturated carbocycles. The second-order valence-corrected chi connectivity index (χ2v) is 9.39. The second-order valence-electron chi connectivity index (χ2n) is 9.39. The van der Waals surface area contributed by atoms with Crippen LogP contribution in [0, 0.1) is 22.7 Å². The van der Waals surface area contributed by atoms with E-state index in [4.69, 9.17) is 9.84 Å². The third-order valence-electron chi connectivity index (χ3n) is 7.25. The molecule has 4 atom stereocenters. The number of aliphatic carboxylic acids is 1. The predicted octanol–water partition coefficient (Wildman–Crippen LogP) is 4.97. The Kier molecular flexibility index (Phi) is 5.70. The molecular formula is C21H34O4. The van der Waals surface area contributed by atoms with Gasteiger partial charge in [-0.3, -0.25) is 4.79 Å². The SMILES string of the molecule is C/C(=C\C(=O)O)CC[C@@H]1[C@@]2(C)CCCC(C)(C)[C@H]2CC[C@@]1(C)OC=O. The molecule has 0 aromatic heterocycles. The highest BCUT2D eigenvalue weighted by atomic mass is 16.5. The molecule has 0 aliphatic heterocycles. The first-order valence-corrected chi connectivity index (χ1v) is 9.57. The zero-order chi connectivity index (χ0) is 18.9. The molecule has 1 N–H and O–H groups in total. The highest BCUT2D eigenvalue weighted by molar-refractivity contribution is 5.80. The Bertz CT molecular complexity index is 550. The molecule has 0 aromatic carbocycles. The van der Waals surface area contributed by atoms with Crippen molar-refractivity contribution >= 4 is 12.4 Å². The number of hydrogen-bond donors (Lipinski definition) is 1. The van der Waals surface area contributed by atoms with Crippen LogP contribution in [-0.4, -0.2) is 23.1 Å². The zero-order valence-corrected chi connectivity index (χ0v) is 16.4. The molecule has 0 bridgehead atoms. The maximum atomic E-state index is 11.2. The van der Waals surface area contributed by atoms with Gasteiger partial charge in [-0.25, -0.2) is 4.79 Å². The number of rotatable bonds is 6. The molecule has 0 aromatic rings. The number of carbonyl (C=O) groups excluding carboxylic acids is 1. The third-order valence-corrected chi connectivity index (χ3v) is 7.25. The van der Waals surface area contributed by atoms with Crippen molar-refractivity contribution in [1.29, 1.82) is 0 Å². The number of hydrogen-bond acceptors (Lipinski definition) is 3. The summed E-state index contributed by atoms with van der Waals surface area (Å²) in [7, 11) is 0. The van der Waals surface area contributed by atoms with Crippen LogP contribution in [0.15, 0.2) is 11.6 Å². The minimum absolute atomic E-state index is 0.126. The van der Waals surface area contributed by atoms with E-state index in [1.807, 2.05) is 6.92 Å². The van der Waals surface area contributed by atoms with Crippen molar-refractivity contribution in [1.82, 2.24) is 0 Å². The van der Waals surface area contributed by atoms with Crippen LogP contribution in [0.5, 0.6) is 0 Å². The molecule has 0 saturated heterocycles. The van der Waals surface area contributed by atoms with Crippen LogP contribution in [0.25, 0.3) is 0 Å².